The third-order valence-corrected chi connectivity index (χ3v) is 4.83. The maximum atomic E-state index is 13.2. The van der Waals surface area contributed by atoms with Gasteiger partial charge in [-0.15, -0.1) is 0 Å². The highest BCUT2D eigenvalue weighted by Gasteiger charge is 2.76. The fourth-order valence-corrected chi connectivity index (χ4v) is 2.65. The summed E-state index contributed by atoms with van der Waals surface area (Å²) in [6, 6.07) is 9.81. The van der Waals surface area contributed by atoms with Gasteiger partial charge in [-0.2, -0.15) is 61.5 Å². The SMILES string of the molecule is Cc1ccccc1C(O)C(F)(F)C(F)(F)C(F)(F)F.OC(c1ccccc1)C(F)(F)C(F)(F)C(F)(F)F. The first-order chi connectivity index (χ1) is 16.4. The molecule has 0 radical (unpaired) electrons. The smallest absolute Gasteiger partial charge is 0.382 e. The summed E-state index contributed by atoms with van der Waals surface area (Å²) >= 11 is 0. The van der Waals surface area contributed by atoms with Crippen molar-refractivity contribution in [2.75, 3.05) is 0 Å². The van der Waals surface area contributed by atoms with Crippen LogP contribution >= 0.6 is 0 Å². The molecule has 2 aromatic rings. The lowest BCUT2D eigenvalue weighted by atomic mass is 9.95. The third kappa shape index (κ3) is 6.27. The molecule has 37 heavy (non-hydrogen) atoms. The second kappa shape index (κ2) is 10.6. The van der Waals surface area contributed by atoms with E-state index in [9.17, 15) is 66.6 Å². The Morgan fingerprint density at radius 2 is 0.865 bits per heavy atom. The van der Waals surface area contributed by atoms with Crippen molar-refractivity contribution in [1.82, 2.24) is 0 Å². The van der Waals surface area contributed by atoms with Crippen molar-refractivity contribution in [2.24, 2.45) is 0 Å². The molecule has 0 aliphatic heterocycles. The number of hydrogen-bond acceptors (Lipinski definition) is 2. The number of benzene rings is 2. The molecular weight excluding hydrogens is 550 g/mol. The molecule has 0 amide bonds. The van der Waals surface area contributed by atoms with E-state index in [2.05, 4.69) is 0 Å². The first-order valence-corrected chi connectivity index (χ1v) is 9.55. The number of aryl methyl sites for hydroxylation is 1. The molecule has 2 atom stereocenters. The Morgan fingerprint density at radius 1 is 0.514 bits per heavy atom. The Labute approximate surface area is 199 Å². The molecule has 0 bridgehead atoms. The van der Waals surface area contributed by atoms with Crippen LogP contribution in [0.3, 0.4) is 0 Å². The molecule has 2 rings (SSSR count). The summed E-state index contributed by atoms with van der Waals surface area (Å²) in [6.45, 7) is 1.21. The highest BCUT2D eigenvalue weighted by Crippen LogP contribution is 2.53. The van der Waals surface area contributed by atoms with E-state index in [1.54, 1.807) is 0 Å². The van der Waals surface area contributed by atoms with Crippen LogP contribution in [0.5, 0.6) is 0 Å². The zero-order valence-corrected chi connectivity index (χ0v) is 18.0. The lowest BCUT2D eigenvalue weighted by molar-refractivity contribution is -0.372. The predicted octanol–water partition coefficient (Wildman–Crippen LogP) is 7.41. The standard InChI is InChI=1S/C11H9F7O.C10H7F7O/c1-6-4-2-3-5-7(6)8(19)9(12,13)10(14,15)11(16,17)18;11-8(12,9(13,14)10(15,16)17)7(18)6-4-2-1-3-5-6/h2-5,8,19H,1H3;1-5,7,18H. The van der Waals surface area contributed by atoms with E-state index in [0.29, 0.717) is 0 Å². The molecule has 0 aromatic heterocycles. The zero-order valence-electron chi connectivity index (χ0n) is 18.0. The molecule has 0 heterocycles. The van der Waals surface area contributed by atoms with E-state index in [1.165, 1.54) is 25.1 Å². The number of alkyl halides is 14. The van der Waals surface area contributed by atoms with Crippen molar-refractivity contribution in [1.29, 1.82) is 0 Å². The molecule has 0 aliphatic carbocycles. The molecule has 2 N–H and O–H groups in total. The topological polar surface area (TPSA) is 40.5 Å². The van der Waals surface area contributed by atoms with Crippen LogP contribution in [-0.2, 0) is 0 Å². The molecule has 0 fully saturated rings. The van der Waals surface area contributed by atoms with Crippen LogP contribution in [0.1, 0.15) is 28.9 Å². The van der Waals surface area contributed by atoms with Gasteiger partial charge in [0, 0.05) is 0 Å². The van der Waals surface area contributed by atoms with Gasteiger partial charge in [0.25, 0.3) is 0 Å². The first kappa shape index (κ1) is 32.4. The lowest BCUT2D eigenvalue weighted by Gasteiger charge is -2.32. The molecule has 2 aromatic carbocycles. The van der Waals surface area contributed by atoms with E-state index in [4.69, 9.17) is 5.11 Å². The van der Waals surface area contributed by atoms with Crippen molar-refractivity contribution < 1.29 is 71.7 Å². The molecular formula is C21H16F14O2. The normalized spacial score (nSPS) is 15.5. The molecule has 0 spiro atoms. The number of halogens is 14. The summed E-state index contributed by atoms with van der Waals surface area (Å²) in [4.78, 5) is 0. The van der Waals surface area contributed by atoms with E-state index >= 15 is 0 Å². The van der Waals surface area contributed by atoms with Crippen molar-refractivity contribution >= 4 is 0 Å². The molecule has 0 aliphatic rings. The Kier molecular flexibility index (Phi) is 9.31. The average Bonchev–Trinajstić information content (AvgIpc) is 2.77. The van der Waals surface area contributed by atoms with Crippen molar-refractivity contribution in [3.63, 3.8) is 0 Å². The second-order valence-corrected chi connectivity index (χ2v) is 7.46. The van der Waals surface area contributed by atoms with Crippen LogP contribution in [-0.4, -0.2) is 46.3 Å². The van der Waals surface area contributed by atoms with Crippen molar-refractivity contribution in [2.45, 2.75) is 55.2 Å². The van der Waals surface area contributed by atoms with Gasteiger partial charge < -0.3 is 10.2 Å². The summed E-state index contributed by atoms with van der Waals surface area (Å²) in [5.41, 5.74) is -1.43. The van der Waals surface area contributed by atoms with E-state index < -0.39 is 59.4 Å². The van der Waals surface area contributed by atoms with Gasteiger partial charge in [0.15, 0.2) is 0 Å². The fourth-order valence-electron chi connectivity index (χ4n) is 2.65. The Balaban J connectivity index is 0.000000371. The first-order valence-electron chi connectivity index (χ1n) is 9.55. The average molecular weight is 566 g/mol. The van der Waals surface area contributed by atoms with Crippen LogP contribution in [0.25, 0.3) is 0 Å². The number of aliphatic hydroxyl groups excluding tert-OH is 2. The van der Waals surface area contributed by atoms with Gasteiger partial charge in [-0.25, -0.2) is 0 Å². The maximum absolute atomic E-state index is 13.2. The minimum Gasteiger partial charge on any atom is -0.382 e. The molecule has 2 unspecified atom stereocenters. The molecule has 0 saturated carbocycles. The summed E-state index contributed by atoms with van der Waals surface area (Å²) < 4.78 is 175. The molecule has 210 valence electrons. The monoisotopic (exact) mass is 566 g/mol. The van der Waals surface area contributed by atoms with E-state index in [0.717, 1.165) is 36.4 Å². The second-order valence-electron chi connectivity index (χ2n) is 7.46. The largest absolute Gasteiger partial charge is 0.459 e. The lowest BCUT2D eigenvalue weighted by Crippen LogP contribution is -2.54. The van der Waals surface area contributed by atoms with Gasteiger partial charge in [0.1, 0.15) is 12.2 Å². The van der Waals surface area contributed by atoms with Crippen LogP contribution in [0, 0.1) is 6.92 Å². The quantitative estimate of drug-likeness (QED) is 0.358. The van der Waals surface area contributed by atoms with Gasteiger partial charge in [0.05, 0.1) is 0 Å². The van der Waals surface area contributed by atoms with Gasteiger partial charge in [0.2, 0.25) is 0 Å². The number of rotatable bonds is 6. The summed E-state index contributed by atoms with van der Waals surface area (Å²) in [5.74, 6) is -24.0. The summed E-state index contributed by atoms with van der Waals surface area (Å²) in [6.07, 6.45) is -19.4. The number of aliphatic hydroxyl groups is 2. The molecule has 16 heteroatoms. The predicted molar refractivity (Wildman–Crippen MR) is 99.4 cm³/mol. The Bertz CT molecular complexity index is 1020. The fraction of sp³-hybridized carbons (Fsp3) is 0.429. The van der Waals surface area contributed by atoms with Crippen LogP contribution in [0.15, 0.2) is 54.6 Å². The summed E-state index contributed by atoms with van der Waals surface area (Å²) in [5, 5.41) is 18.2. The van der Waals surface area contributed by atoms with E-state index in [1.807, 2.05) is 0 Å². The summed E-state index contributed by atoms with van der Waals surface area (Å²) in [7, 11) is 0. The van der Waals surface area contributed by atoms with Gasteiger partial charge in [-0.05, 0) is 23.6 Å². The molecule has 2 nitrogen and oxygen atoms in total. The van der Waals surface area contributed by atoms with Crippen LogP contribution in [0.2, 0.25) is 0 Å². The minimum absolute atomic E-state index is 0.0207. The van der Waals surface area contributed by atoms with Crippen molar-refractivity contribution in [3.8, 4) is 0 Å². The zero-order chi connectivity index (χ0) is 29.3. The Morgan fingerprint density at radius 3 is 1.24 bits per heavy atom. The Hall–Kier alpha value is -2.62. The minimum atomic E-state index is -6.46. The maximum Gasteiger partial charge on any atom is 0.459 e. The van der Waals surface area contributed by atoms with Gasteiger partial charge in [-0.3, -0.25) is 0 Å². The number of hydrogen-bond donors (Lipinski definition) is 2. The van der Waals surface area contributed by atoms with E-state index in [-0.39, 0.29) is 5.56 Å². The third-order valence-electron chi connectivity index (χ3n) is 4.83. The van der Waals surface area contributed by atoms with Crippen LogP contribution < -0.4 is 0 Å². The van der Waals surface area contributed by atoms with Crippen LogP contribution in [0.4, 0.5) is 61.5 Å². The highest BCUT2D eigenvalue weighted by molar-refractivity contribution is 5.30. The van der Waals surface area contributed by atoms with Gasteiger partial charge in [-0.1, -0.05) is 54.6 Å². The highest BCUT2D eigenvalue weighted by atomic mass is 19.4. The molecule has 0 saturated heterocycles. The van der Waals surface area contributed by atoms with Crippen molar-refractivity contribution in [3.05, 3.63) is 71.3 Å². The van der Waals surface area contributed by atoms with Gasteiger partial charge >= 0.3 is 36.0 Å².